The van der Waals surface area contributed by atoms with Crippen molar-refractivity contribution in [2.24, 2.45) is 5.73 Å². The SMILES string of the molecule is CCc1oc2ccccc2c1/C=C/C(=O)N1CC[C@H](N)C1. The molecule has 3 rings (SSSR count). The maximum atomic E-state index is 12.2. The van der Waals surface area contributed by atoms with E-state index in [0.717, 1.165) is 41.7 Å². The van der Waals surface area contributed by atoms with Crippen molar-refractivity contribution in [2.75, 3.05) is 13.1 Å². The molecule has 1 saturated heterocycles. The molecule has 1 aliphatic rings. The van der Waals surface area contributed by atoms with Crippen molar-refractivity contribution in [2.45, 2.75) is 25.8 Å². The third-order valence-electron chi connectivity index (χ3n) is 3.96. The highest BCUT2D eigenvalue weighted by atomic mass is 16.3. The zero-order valence-corrected chi connectivity index (χ0v) is 12.2. The predicted octanol–water partition coefficient (Wildman–Crippen LogP) is 2.57. The number of benzene rings is 1. The minimum absolute atomic E-state index is 0.0234. The van der Waals surface area contributed by atoms with Gasteiger partial charge in [0.2, 0.25) is 5.91 Å². The lowest BCUT2D eigenvalue weighted by molar-refractivity contribution is -0.124. The number of hydrogen-bond acceptors (Lipinski definition) is 3. The zero-order chi connectivity index (χ0) is 14.8. The third-order valence-corrected chi connectivity index (χ3v) is 3.96. The first-order chi connectivity index (χ1) is 10.2. The Morgan fingerprint density at radius 3 is 3.00 bits per heavy atom. The number of amides is 1. The molecule has 0 saturated carbocycles. The average molecular weight is 284 g/mol. The molecule has 1 amide bonds. The fraction of sp³-hybridized carbons (Fsp3) is 0.353. The van der Waals surface area contributed by atoms with Crippen molar-refractivity contribution in [1.82, 2.24) is 4.90 Å². The number of hydrogen-bond donors (Lipinski definition) is 1. The van der Waals surface area contributed by atoms with E-state index in [1.54, 1.807) is 11.0 Å². The van der Waals surface area contributed by atoms with Crippen LogP contribution in [0.15, 0.2) is 34.8 Å². The van der Waals surface area contributed by atoms with E-state index >= 15 is 0 Å². The van der Waals surface area contributed by atoms with Gasteiger partial charge in [0.15, 0.2) is 0 Å². The van der Waals surface area contributed by atoms with Gasteiger partial charge in [0.25, 0.3) is 0 Å². The fourth-order valence-corrected chi connectivity index (χ4v) is 2.81. The van der Waals surface area contributed by atoms with E-state index in [4.69, 9.17) is 10.2 Å². The van der Waals surface area contributed by atoms with Gasteiger partial charge in [0.05, 0.1) is 0 Å². The van der Waals surface area contributed by atoms with E-state index < -0.39 is 0 Å². The van der Waals surface area contributed by atoms with Gasteiger partial charge in [-0.25, -0.2) is 0 Å². The molecule has 1 aromatic carbocycles. The van der Waals surface area contributed by atoms with E-state index in [0.29, 0.717) is 6.54 Å². The highest BCUT2D eigenvalue weighted by molar-refractivity contribution is 5.96. The summed E-state index contributed by atoms with van der Waals surface area (Å²) in [7, 11) is 0. The smallest absolute Gasteiger partial charge is 0.246 e. The first kappa shape index (κ1) is 13.9. The first-order valence-corrected chi connectivity index (χ1v) is 7.42. The highest BCUT2D eigenvalue weighted by Crippen LogP contribution is 2.27. The van der Waals surface area contributed by atoms with Crippen LogP contribution in [0.4, 0.5) is 0 Å². The van der Waals surface area contributed by atoms with Gasteiger partial charge in [0, 0.05) is 42.6 Å². The summed E-state index contributed by atoms with van der Waals surface area (Å²) in [5.41, 5.74) is 7.71. The molecule has 4 nitrogen and oxygen atoms in total. The molecule has 2 aromatic rings. The van der Waals surface area contributed by atoms with E-state index in [1.807, 2.05) is 30.3 Å². The number of furan rings is 1. The van der Waals surface area contributed by atoms with Crippen LogP contribution in [0.2, 0.25) is 0 Å². The molecule has 0 spiro atoms. The summed E-state index contributed by atoms with van der Waals surface area (Å²) in [5.74, 6) is 0.939. The van der Waals surface area contributed by atoms with Crippen LogP contribution in [0.3, 0.4) is 0 Å². The molecule has 2 heterocycles. The molecule has 0 bridgehead atoms. The van der Waals surface area contributed by atoms with Crippen molar-refractivity contribution >= 4 is 23.0 Å². The van der Waals surface area contributed by atoms with Crippen LogP contribution in [-0.2, 0) is 11.2 Å². The van der Waals surface area contributed by atoms with Gasteiger partial charge in [-0.05, 0) is 18.6 Å². The second-order valence-corrected chi connectivity index (χ2v) is 5.45. The summed E-state index contributed by atoms with van der Waals surface area (Å²) in [5, 5.41) is 1.05. The van der Waals surface area contributed by atoms with Crippen LogP contribution in [0.5, 0.6) is 0 Å². The summed E-state index contributed by atoms with van der Waals surface area (Å²) in [6.07, 6.45) is 5.19. The maximum Gasteiger partial charge on any atom is 0.246 e. The summed E-state index contributed by atoms with van der Waals surface area (Å²) < 4.78 is 5.83. The van der Waals surface area contributed by atoms with E-state index in [9.17, 15) is 4.79 Å². The Morgan fingerprint density at radius 1 is 1.48 bits per heavy atom. The summed E-state index contributed by atoms with van der Waals surface area (Å²) in [6, 6.07) is 8.02. The lowest BCUT2D eigenvalue weighted by atomic mass is 10.1. The largest absolute Gasteiger partial charge is 0.460 e. The lowest BCUT2D eigenvalue weighted by Crippen LogP contribution is -2.30. The van der Waals surface area contributed by atoms with Gasteiger partial charge in [-0.3, -0.25) is 4.79 Å². The van der Waals surface area contributed by atoms with Gasteiger partial charge in [-0.2, -0.15) is 0 Å². The molecule has 1 aliphatic heterocycles. The Bertz CT molecular complexity index is 687. The first-order valence-electron chi connectivity index (χ1n) is 7.42. The van der Waals surface area contributed by atoms with Crippen LogP contribution in [0, 0.1) is 0 Å². The number of rotatable bonds is 3. The van der Waals surface area contributed by atoms with Gasteiger partial charge >= 0.3 is 0 Å². The average Bonchev–Trinajstić information content (AvgIpc) is 3.08. The molecule has 1 fully saturated rings. The van der Waals surface area contributed by atoms with Gasteiger partial charge < -0.3 is 15.1 Å². The minimum atomic E-state index is 0.0234. The highest BCUT2D eigenvalue weighted by Gasteiger charge is 2.22. The molecule has 2 N–H and O–H groups in total. The molecule has 0 aliphatic carbocycles. The molecule has 4 heteroatoms. The summed E-state index contributed by atoms with van der Waals surface area (Å²) >= 11 is 0. The van der Waals surface area contributed by atoms with Gasteiger partial charge in [-0.1, -0.05) is 25.1 Å². The van der Waals surface area contributed by atoms with Crippen LogP contribution in [0.1, 0.15) is 24.7 Å². The van der Waals surface area contributed by atoms with E-state index in [2.05, 4.69) is 6.92 Å². The van der Waals surface area contributed by atoms with Crippen LogP contribution < -0.4 is 5.73 Å². The molecular formula is C17H20N2O2. The monoisotopic (exact) mass is 284 g/mol. The zero-order valence-electron chi connectivity index (χ0n) is 12.2. The quantitative estimate of drug-likeness (QED) is 0.881. The lowest BCUT2D eigenvalue weighted by Gasteiger charge is -2.12. The van der Waals surface area contributed by atoms with Crippen molar-refractivity contribution < 1.29 is 9.21 Å². The number of para-hydroxylation sites is 1. The molecule has 0 unspecified atom stereocenters. The van der Waals surface area contributed by atoms with Gasteiger partial charge in [-0.15, -0.1) is 0 Å². The topological polar surface area (TPSA) is 59.5 Å². The Kier molecular flexibility index (Phi) is 3.80. The third kappa shape index (κ3) is 2.72. The van der Waals surface area contributed by atoms with Crippen LogP contribution in [-0.4, -0.2) is 29.9 Å². The molecule has 0 radical (unpaired) electrons. The summed E-state index contributed by atoms with van der Waals surface area (Å²) in [4.78, 5) is 14.0. The second kappa shape index (κ2) is 5.74. The van der Waals surface area contributed by atoms with Crippen molar-refractivity contribution in [1.29, 1.82) is 0 Å². The van der Waals surface area contributed by atoms with Gasteiger partial charge in [0.1, 0.15) is 11.3 Å². The minimum Gasteiger partial charge on any atom is -0.460 e. The number of nitrogens with zero attached hydrogens (tertiary/aromatic N) is 1. The van der Waals surface area contributed by atoms with Crippen LogP contribution in [0.25, 0.3) is 17.0 Å². The number of nitrogens with two attached hydrogens (primary N) is 1. The van der Waals surface area contributed by atoms with Crippen molar-refractivity contribution in [3.05, 3.63) is 41.7 Å². The molecular weight excluding hydrogens is 264 g/mol. The molecule has 1 atom stereocenters. The number of carbonyl (C=O) groups is 1. The molecule has 21 heavy (non-hydrogen) atoms. The number of carbonyl (C=O) groups excluding carboxylic acids is 1. The summed E-state index contributed by atoms with van der Waals surface area (Å²) in [6.45, 7) is 3.45. The normalized spacial score (nSPS) is 19.0. The van der Waals surface area contributed by atoms with Crippen molar-refractivity contribution in [3.8, 4) is 0 Å². The van der Waals surface area contributed by atoms with Crippen molar-refractivity contribution in [3.63, 3.8) is 0 Å². The number of fused-ring (bicyclic) bond motifs is 1. The molecule has 110 valence electrons. The van der Waals surface area contributed by atoms with E-state index in [1.165, 1.54) is 0 Å². The number of likely N-dealkylation sites (tertiary alicyclic amines) is 1. The Balaban J connectivity index is 1.87. The Hall–Kier alpha value is -2.07. The number of aryl methyl sites for hydroxylation is 1. The van der Waals surface area contributed by atoms with Crippen LogP contribution >= 0.6 is 0 Å². The Labute approximate surface area is 124 Å². The predicted molar refractivity (Wildman–Crippen MR) is 83.8 cm³/mol. The maximum absolute atomic E-state index is 12.2. The second-order valence-electron chi connectivity index (χ2n) is 5.45. The standard InChI is InChI=1S/C17H20N2O2/c1-2-15-14(13-5-3-4-6-16(13)21-15)7-8-17(20)19-10-9-12(18)11-19/h3-8,12H,2,9-11,18H2,1H3/b8-7+/t12-/m0/s1. The fourth-order valence-electron chi connectivity index (χ4n) is 2.81. The Morgan fingerprint density at radius 2 is 2.29 bits per heavy atom. The molecule has 1 aromatic heterocycles. The van der Waals surface area contributed by atoms with E-state index in [-0.39, 0.29) is 11.9 Å².